The number of ether oxygens (including phenoxy) is 2. The fourth-order valence-corrected chi connectivity index (χ4v) is 4.59. The maximum atomic E-state index is 12.8. The summed E-state index contributed by atoms with van der Waals surface area (Å²) in [5.74, 6) is 1.66. The summed E-state index contributed by atoms with van der Waals surface area (Å²) in [5, 5.41) is 5.89. The van der Waals surface area contributed by atoms with Crippen LogP contribution in [0.25, 0.3) is 10.8 Å². The second-order valence-electron chi connectivity index (χ2n) is 7.23. The summed E-state index contributed by atoms with van der Waals surface area (Å²) in [7, 11) is 0. The summed E-state index contributed by atoms with van der Waals surface area (Å²) >= 11 is 0. The predicted octanol–water partition coefficient (Wildman–Crippen LogP) is 4.74. The summed E-state index contributed by atoms with van der Waals surface area (Å²) < 4.78 is 11.1. The Balaban J connectivity index is 1.65. The van der Waals surface area contributed by atoms with E-state index in [1.54, 1.807) is 0 Å². The largest absolute Gasteiger partial charge is 0.454 e. The number of carbonyl (C=O) groups excluding carboxylic acids is 1. The third kappa shape index (κ3) is 2.07. The van der Waals surface area contributed by atoms with Crippen LogP contribution in [0.2, 0.25) is 0 Å². The van der Waals surface area contributed by atoms with Gasteiger partial charge in [0.1, 0.15) is 0 Å². The van der Waals surface area contributed by atoms with Crippen LogP contribution in [0.3, 0.4) is 0 Å². The number of ketones is 1. The van der Waals surface area contributed by atoms with Gasteiger partial charge in [-0.25, -0.2) is 0 Å². The molecule has 3 aromatic carbocycles. The molecular weight excluding hydrogens is 338 g/mol. The Hall–Kier alpha value is -3.27. The zero-order valence-corrected chi connectivity index (χ0v) is 14.6. The van der Waals surface area contributed by atoms with Gasteiger partial charge in [0.2, 0.25) is 6.79 Å². The highest BCUT2D eigenvalue weighted by Gasteiger charge is 2.38. The van der Waals surface area contributed by atoms with Crippen LogP contribution in [0.1, 0.15) is 29.9 Å². The maximum absolute atomic E-state index is 12.8. The Kier molecular flexibility index (Phi) is 2.95. The van der Waals surface area contributed by atoms with Crippen LogP contribution < -0.4 is 14.8 Å². The minimum Gasteiger partial charge on any atom is -0.454 e. The van der Waals surface area contributed by atoms with Crippen molar-refractivity contribution in [2.75, 3.05) is 12.1 Å². The number of hydrogen-bond donors (Lipinski definition) is 1. The molecule has 4 nitrogen and oxygen atoms in total. The lowest BCUT2D eigenvalue weighted by atomic mass is 9.78. The Bertz CT molecular complexity index is 1160. The van der Waals surface area contributed by atoms with E-state index in [2.05, 4.69) is 41.7 Å². The molecule has 2 aliphatic heterocycles. The number of allylic oxidation sites excluding steroid dienone is 2. The molecule has 4 heteroatoms. The third-order valence-electron chi connectivity index (χ3n) is 5.79. The number of rotatable bonds is 1. The lowest BCUT2D eigenvalue weighted by Crippen LogP contribution is -2.19. The first-order chi connectivity index (χ1) is 13.3. The van der Waals surface area contributed by atoms with Crippen molar-refractivity contribution in [3.8, 4) is 11.5 Å². The standard InChI is InChI=1S/C23H17NO3/c25-18-9-8-17-23(18)21(14-6-10-19-20(11-14)27-12-26-19)22-15-4-2-1-3-13(15)5-7-16(22)24-17/h1-7,10-11,21,24H,8-9,12H2. The fourth-order valence-electron chi connectivity index (χ4n) is 4.59. The molecule has 2 heterocycles. The van der Waals surface area contributed by atoms with Crippen LogP contribution in [0.15, 0.2) is 65.9 Å². The summed E-state index contributed by atoms with van der Waals surface area (Å²) in [5.41, 5.74) is 5.29. The number of fused-ring (bicyclic) bond motifs is 4. The van der Waals surface area contributed by atoms with Crippen molar-refractivity contribution in [3.63, 3.8) is 0 Å². The Morgan fingerprint density at radius 3 is 2.78 bits per heavy atom. The van der Waals surface area contributed by atoms with Crippen molar-refractivity contribution in [2.24, 2.45) is 0 Å². The van der Waals surface area contributed by atoms with E-state index in [0.717, 1.165) is 40.4 Å². The van der Waals surface area contributed by atoms with Gasteiger partial charge in [0, 0.05) is 29.3 Å². The normalized spacial score (nSPS) is 19.9. The number of carbonyl (C=O) groups is 1. The molecule has 0 spiro atoms. The monoisotopic (exact) mass is 355 g/mol. The van der Waals surface area contributed by atoms with Crippen molar-refractivity contribution >= 4 is 22.2 Å². The minimum absolute atomic E-state index is 0.0909. The van der Waals surface area contributed by atoms with Gasteiger partial charge in [0.05, 0.1) is 0 Å². The molecule has 0 bridgehead atoms. The Labute approximate surface area is 156 Å². The first-order valence-corrected chi connectivity index (χ1v) is 9.24. The molecule has 0 saturated carbocycles. The number of Topliss-reactive ketones (excluding diaryl/α,β-unsaturated/α-hetero) is 1. The molecule has 3 aromatic rings. The van der Waals surface area contributed by atoms with Gasteiger partial charge in [-0.3, -0.25) is 4.79 Å². The highest BCUT2D eigenvalue weighted by atomic mass is 16.7. The molecule has 3 aliphatic rings. The second kappa shape index (κ2) is 5.36. The Morgan fingerprint density at radius 1 is 0.926 bits per heavy atom. The number of benzene rings is 3. The lowest BCUT2D eigenvalue weighted by Gasteiger charge is -2.30. The van der Waals surface area contributed by atoms with E-state index in [0.29, 0.717) is 6.42 Å². The van der Waals surface area contributed by atoms with Gasteiger partial charge in [-0.2, -0.15) is 0 Å². The zero-order chi connectivity index (χ0) is 18.0. The summed E-state index contributed by atoms with van der Waals surface area (Å²) in [6.07, 6.45) is 1.35. The van der Waals surface area contributed by atoms with E-state index in [-0.39, 0.29) is 18.5 Å². The molecule has 0 fully saturated rings. The highest BCUT2D eigenvalue weighted by Crippen LogP contribution is 2.49. The predicted molar refractivity (Wildman–Crippen MR) is 103 cm³/mol. The maximum Gasteiger partial charge on any atom is 0.231 e. The van der Waals surface area contributed by atoms with E-state index in [4.69, 9.17) is 9.47 Å². The molecule has 0 aromatic heterocycles. The molecule has 0 radical (unpaired) electrons. The molecule has 132 valence electrons. The highest BCUT2D eigenvalue weighted by molar-refractivity contribution is 6.05. The Morgan fingerprint density at radius 2 is 1.81 bits per heavy atom. The quantitative estimate of drug-likeness (QED) is 0.685. The van der Waals surface area contributed by atoms with Crippen LogP contribution in [0, 0.1) is 0 Å². The number of hydrogen-bond acceptors (Lipinski definition) is 4. The summed E-state index contributed by atoms with van der Waals surface area (Å²) in [4.78, 5) is 12.8. The second-order valence-corrected chi connectivity index (χ2v) is 7.23. The van der Waals surface area contributed by atoms with Crippen molar-refractivity contribution in [1.29, 1.82) is 0 Å². The lowest BCUT2D eigenvalue weighted by molar-refractivity contribution is -0.115. The van der Waals surface area contributed by atoms with E-state index < -0.39 is 0 Å². The minimum atomic E-state index is -0.0909. The molecular formula is C23H17NO3. The van der Waals surface area contributed by atoms with E-state index in [9.17, 15) is 4.79 Å². The van der Waals surface area contributed by atoms with Crippen LogP contribution >= 0.6 is 0 Å². The van der Waals surface area contributed by atoms with Gasteiger partial charge in [-0.1, -0.05) is 36.4 Å². The summed E-state index contributed by atoms with van der Waals surface area (Å²) in [6, 6.07) is 18.7. The molecule has 0 saturated heterocycles. The molecule has 1 atom stereocenters. The smallest absolute Gasteiger partial charge is 0.231 e. The average Bonchev–Trinajstić information content (AvgIpc) is 3.32. The number of anilines is 1. The molecule has 1 N–H and O–H groups in total. The van der Waals surface area contributed by atoms with E-state index >= 15 is 0 Å². The topological polar surface area (TPSA) is 47.6 Å². The van der Waals surface area contributed by atoms with Crippen LogP contribution in [-0.4, -0.2) is 12.6 Å². The average molecular weight is 355 g/mol. The van der Waals surface area contributed by atoms with Gasteiger partial charge >= 0.3 is 0 Å². The van der Waals surface area contributed by atoms with Crippen molar-refractivity contribution in [2.45, 2.75) is 18.8 Å². The van der Waals surface area contributed by atoms with Gasteiger partial charge in [-0.05, 0) is 46.5 Å². The molecule has 6 rings (SSSR count). The van der Waals surface area contributed by atoms with Crippen molar-refractivity contribution in [1.82, 2.24) is 0 Å². The zero-order valence-electron chi connectivity index (χ0n) is 14.6. The molecule has 27 heavy (non-hydrogen) atoms. The molecule has 1 unspecified atom stereocenters. The van der Waals surface area contributed by atoms with Crippen molar-refractivity contribution < 1.29 is 14.3 Å². The summed E-state index contributed by atoms with van der Waals surface area (Å²) in [6.45, 7) is 0.247. The first kappa shape index (κ1) is 14.9. The number of nitrogens with one attached hydrogen (secondary N) is 1. The fraction of sp³-hybridized carbons (Fsp3) is 0.174. The van der Waals surface area contributed by atoms with Gasteiger partial charge in [-0.15, -0.1) is 0 Å². The molecule has 0 amide bonds. The molecule has 1 aliphatic carbocycles. The van der Waals surface area contributed by atoms with Crippen LogP contribution in [0.4, 0.5) is 5.69 Å². The van der Waals surface area contributed by atoms with Crippen LogP contribution in [-0.2, 0) is 4.79 Å². The van der Waals surface area contributed by atoms with E-state index in [1.165, 1.54) is 16.3 Å². The van der Waals surface area contributed by atoms with Crippen molar-refractivity contribution in [3.05, 3.63) is 77.0 Å². The van der Waals surface area contributed by atoms with Gasteiger partial charge in [0.15, 0.2) is 17.3 Å². The SMILES string of the molecule is O=C1CCC2=C1C(c1ccc3c(c1)OCO3)c1c(ccc3ccccc13)N2. The first-order valence-electron chi connectivity index (χ1n) is 9.24. The van der Waals surface area contributed by atoms with Gasteiger partial charge in [0.25, 0.3) is 0 Å². The van der Waals surface area contributed by atoms with Crippen LogP contribution in [0.5, 0.6) is 11.5 Å². The van der Waals surface area contributed by atoms with Gasteiger partial charge < -0.3 is 14.8 Å². The third-order valence-corrected chi connectivity index (χ3v) is 5.79. The van der Waals surface area contributed by atoms with E-state index in [1.807, 2.05) is 18.2 Å².